The average Bonchev–Trinajstić information content (AvgIpc) is 2.31. The van der Waals surface area contributed by atoms with Crippen molar-refractivity contribution in [1.29, 1.82) is 0 Å². The second-order valence-corrected chi connectivity index (χ2v) is 5.07. The van der Waals surface area contributed by atoms with Crippen LogP contribution in [0.5, 0.6) is 5.75 Å². The van der Waals surface area contributed by atoms with Gasteiger partial charge in [0.05, 0.1) is 5.02 Å². The van der Waals surface area contributed by atoms with Gasteiger partial charge in [-0.1, -0.05) is 37.6 Å². The standard InChI is InChI=1S/C14H20ClNO2/c1-10(2)8-9-16-14(17)11(3)18-13-7-5-4-6-12(13)15/h4-7,10-11H,8-9H2,1-3H3,(H,16,17)/t11-/m0/s1. The van der Waals surface area contributed by atoms with Gasteiger partial charge >= 0.3 is 0 Å². The molecule has 0 saturated carbocycles. The van der Waals surface area contributed by atoms with Crippen LogP contribution in [0.1, 0.15) is 27.2 Å². The minimum atomic E-state index is -0.544. The van der Waals surface area contributed by atoms with Gasteiger partial charge in [-0.25, -0.2) is 0 Å². The van der Waals surface area contributed by atoms with Gasteiger partial charge in [-0.05, 0) is 31.4 Å². The Kier molecular flexibility index (Phi) is 5.99. The molecule has 0 aliphatic rings. The summed E-state index contributed by atoms with van der Waals surface area (Å²) < 4.78 is 5.52. The van der Waals surface area contributed by atoms with Gasteiger partial charge < -0.3 is 10.1 Å². The van der Waals surface area contributed by atoms with Crippen LogP contribution >= 0.6 is 11.6 Å². The third kappa shape index (κ3) is 4.96. The molecular weight excluding hydrogens is 250 g/mol. The van der Waals surface area contributed by atoms with Crippen LogP contribution in [0.4, 0.5) is 0 Å². The third-order valence-corrected chi connectivity index (χ3v) is 2.84. The Labute approximate surface area is 113 Å². The first-order chi connectivity index (χ1) is 8.50. The molecule has 0 radical (unpaired) electrons. The van der Waals surface area contributed by atoms with Crippen molar-refractivity contribution in [3.8, 4) is 5.75 Å². The molecule has 100 valence electrons. The molecule has 1 aromatic carbocycles. The zero-order valence-corrected chi connectivity index (χ0v) is 11.8. The number of hydrogen-bond acceptors (Lipinski definition) is 2. The van der Waals surface area contributed by atoms with Crippen molar-refractivity contribution in [2.45, 2.75) is 33.3 Å². The first-order valence-electron chi connectivity index (χ1n) is 6.19. The molecule has 0 unspecified atom stereocenters. The number of carbonyl (C=O) groups is 1. The van der Waals surface area contributed by atoms with Crippen LogP contribution in [-0.2, 0) is 4.79 Å². The Morgan fingerprint density at radius 2 is 2.00 bits per heavy atom. The van der Waals surface area contributed by atoms with Crippen LogP contribution in [0.15, 0.2) is 24.3 Å². The molecule has 0 aliphatic heterocycles. The molecule has 1 N–H and O–H groups in total. The summed E-state index contributed by atoms with van der Waals surface area (Å²) >= 11 is 5.96. The van der Waals surface area contributed by atoms with E-state index in [1.54, 1.807) is 19.1 Å². The monoisotopic (exact) mass is 269 g/mol. The Morgan fingerprint density at radius 3 is 2.61 bits per heavy atom. The predicted octanol–water partition coefficient (Wildman–Crippen LogP) is 3.27. The Hall–Kier alpha value is -1.22. The van der Waals surface area contributed by atoms with Crippen LogP contribution in [0.2, 0.25) is 5.02 Å². The first kappa shape index (κ1) is 14.8. The lowest BCUT2D eigenvalue weighted by molar-refractivity contribution is -0.127. The SMILES string of the molecule is CC(C)CCNC(=O)[C@H](C)Oc1ccccc1Cl. The van der Waals surface area contributed by atoms with Crippen LogP contribution in [0.25, 0.3) is 0 Å². The minimum absolute atomic E-state index is 0.115. The number of rotatable bonds is 6. The number of carbonyl (C=O) groups excluding carboxylic acids is 1. The fourth-order valence-electron chi connectivity index (χ4n) is 1.41. The molecule has 4 heteroatoms. The topological polar surface area (TPSA) is 38.3 Å². The van der Waals surface area contributed by atoms with Crippen molar-refractivity contribution in [3.63, 3.8) is 0 Å². The van der Waals surface area contributed by atoms with Gasteiger partial charge in [0, 0.05) is 6.54 Å². The van der Waals surface area contributed by atoms with E-state index in [9.17, 15) is 4.79 Å². The molecule has 1 aromatic rings. The summed E-state index contributed by atoms with van der Waals surface area (Å²) in [6.07, 6.45) is 0.418. The van der Waals surface area contributed by atoms with E-state index >= 15 is 0 Å². The highest BCUT2D eigenvalue weighted by Gasteiger charge is 2.15. The Morgan fingerprint density at radius 1 is 1.33 bits per heavy atom. The molecule has 0 spiro atoms. The zero-order chi connectivity index (χ0) is 13.5. The van der Waals surface area contributed by atoms with E-state index in [4.69, 9.17) is 16.3 Å². The molecule has 0 aromatic heterocycles. The largest absolute Gasteiger partial charge is 0.479 e. The van der Waals surface area contributed by atoms with Gasteiger partial charge in [0.1, 0.15) is 5.75 Å². The lowest BCUT2D eigenvalue weighted by Crippen LogP contribution is -2.37. The van der Waals surface area contributed by atoms with Gasteiger partial charge in [-0.15, -0.1) is 0 Å². The number of amides is 1. The normalized spacial score (nSPS) is 12.3. The molecule has 18 heavy (non-hydrogen) atoms. The van der Waals surface area contributed by atoms with E-state index in [-0.39, 0.29) is 5.91 Å². The molecule has 1 atom stereocenters. The summed E-state index contributed by atoms with van der Waals surface area (Å²) in [5.41, 5.74) is 0. The lowest BCUT2D eigenvalue weighted by Gasteiger charge is -2.15. The molecule has 1 rings (SSSR count). The molecule has 1 amide bonds. The molecule has 0 fully saturated rings. The van der Waals surface area contributed by atoms with Crippen molar-refractivity contribution in [1.82, 2.24) is 5.32 Å². The van der Waals surface area contributed by atoms with Gasteiger partial charge in [-0.2, -0.15) is 0 Å². The van der Waals surface area contributed by atoms with Crippen LogP contribution in [0.3, 0.4) is 0 Å². The van der Waals surface area contributed by atoms with Gasteiger partial charge in [0.15, 0.2) is 6.10 Å². The summed E-state index contributed by atoms with van der Waals surface area (Å²) in [4.78, 5) is 11.8. The van der Waals surface area contributed by atoms with E-state index in [1.165, 1.54) is 0 Å². The molecule has 0 aliphatic carbocycles. The second kappa shape index (κ2) is 7.27. The quantitative estimate of drug-likeness (QED) is 0.861. The maximum atomic E-state index is 11.8. The number of halogens is 1. The first-order valence-corrected chi connectivity index (χ1v) is 6.57. The summed E-state index contributed by atoms with van der Waals surface area (Å²) in [5, 5.41) is 3.36. The summed E-state index contributed by atoms with van der Waals surface area (Å²) in [7, 11) is 0. The second-order valence-electron chi connectivity index (χ2n) is 4.66. The van der Waals surface area contributed by atoms with Crippen molar-refractivity contribution in [3.05, 3.63) is 29.3 Å². The summed E-state index contributed by atoms with van der Waals surface area (Å²) in [5.74, 6) is 0.992. The Balaban J connectivity index is 2.43. The highest BCUT2D eigenvalue weighted by Crippen LogP contribution is 2.24. The lowest BCUT2D eigenvalue weighted by atomic mass is 10.1. The van der Waals surface area contributed by atoms with Crippen molar-refractivity contribution in [2.24, 2.45) is 5.92 Å². The third-order valence-electron chi connectivity index (χ3n) is 2.53. The number of benzene rings is 1. The Bertz CT molecular complexity index is 393. The summed E-state index contributed by atoms with van der Waals surface area (Å²) in [6, 6.07) is 7.13. The van der Waals surface area contributed by atoms with Gasteiger partial charge in [0.2, 0.25) is 0 Å². The van der Waals surface area contributed by atoms with E-state index in [2.05, 4.69) is 19.2 Å². The van der Waals surface area contributed by atoms with E-state index < -0.39 is 6.10 Å². The molecule has 0 heterocycles. The molecular formula is C14H20ClNO2. The predicted molar refractivity (Wildman–Crippen MR) is 74.0 cm³/mol. The van der Waals surface area contributed by atoms with E-state index in [1.807, 2.05) is 12.1 Å². The van der Waals surface area contributed by atoms with Crippen molar-refractivity contribution >= 4 is 17.5 Å². The van der Waals surface area contributed by atoms with E-state index in [0.29, 0.717) is 23.2 Å². The maximum absolute atomic E-state index is 11.8. The fourth-order valence-corrected chi connectivity index (χ4v) is 1.59. The molecule has 3 nitrogen and oxygen atoms in total. The van der Waals surface area contributed by atoms with E-state index in [0.717, 1.165) is 6.42 Å². The number of hydrogen-bond donors (Lipinski definition) is 1. The van der Waals surface area contributed by atoms with Crippen LogP contribution < -0.4 is 10.1 Å². The van der Waals surface area contributed by atoms with Gasteiger partial charge in [0.25, 0.3) is 5.91 Å². The molecule has 0 bridgehead atoms. The fraction of sp³-hybridized carbons (Fsp3) is 0.500. The smallest absolute Gasteiger partial charge is 0.260 e. The average molecular weight is 270 g/mol. The van der Waals surface area contributed by atoms with Crippen molar-refractivity contribution in [2.75, 3.05) is 6.54 Å². The zero-order valence-electron chi connectivity index (χ0n) is 11.1. The summed E-state index contributed by atoms with van der Waals surface area (Å²) in [6.45, 7) is 6.63. The van der Waals surface area contributed by atoms with Gasteiger partial charge in [-0.3, -0.25) is 4.79 Å². The highest BCUT2D eigenvalue weighted by atomic mass is 35.5. The minimum Gasteiger partial charge on any atom is -0.479 e. The van der Waals surface area contributed by atoms with Crippen molar-refractivity contribution < 1.29 is 9.53 Å². The van der Waals surface area contributed by atoms with Crippen LogP contribution in [0, 0.1) is 5.92 Å². The molecule has 0 saturated heterocycles. The highest BCUT2D eigenvalue weighted by molar-refractivity contribution is 6.32. The number of para-hydroxylation sites is 1. The number of nitrogens with one attached hydrogen (secondary N) is 1. The maximum Gasteiger partial charge on any atom is 0.260 e. The van der Waals surface area contributed by atoms with Crippen LogP contribution in [-0.4, -0.2) is 18.6 Å². The number of ether oxygens (including phenoxy) is 1.